The minimum Gasteiger partial charge on any atom is -0.490 e. The molecule has 0 saturated heterocycles. The van der Waals surface area contributed by atoms with Crippen LogP contribution in [-0.2, 0) is 18.3 Å². The predicted molar refractivity (Wildman–Crippen MR) is 107 cm³/mol. The summed E-state index contributed by atoms with van der Waals surface area (Å²) in [6.45, 7) is 0. The number of aromatic nitrogens is 1. The summed E-state index contributed by atoms with van der Waals surface area (Å²) in [4.78, 5) is 11.0. The molecule has 0 bridgehead atoms. The number of rotatable bonds is 6. The number of aryl methyl sites for hydroxylation is 2. The number of carboxylic acid groups (broad SMARTS) is 1. The summed E-state index contributed by atoms with van der Waals surface area (Å²) < 4.78 is 8.49. The lowest BCUT2D eigenvalue weighted by Crippen LogP contribution is -2.11. The summed E-state index contributed by atoms with van der Waals surface area (Å²) in [6.07, 6.45) is 7.68. The van der Waals surface area contributed by atoms with Gasteiger partial charge in [0.15, 0.2) is 0 Å². The highest BCUT2D eigenvalue weighted by Crippen LogP contribution is 2.38. The summed E-state index contributed by atoms with van der Waals surface area (Å²) in [7, 11) is 2.05. The maximum absolute atomic E-state index is 11.0. The fraction of sp³-hybridized carbons (Fsp3) is 0.348. The molecule has 1 heterocycles. The molecule has 4 nitrogen and oxygen atoms in total. The number of fused-ring (bicyclic) bond motifs is 1. The first-order chi connectivity index (χ1) is 13.1. The Kier molecular flexibility index (Phi) is 4.88. The van der Waals surface area contributed by atoms with Crippen molar-refractivity contribution in [1.82, 2.24) is 4.57 Å². The molecule has 1 aromatic heterocycles. The standard InChI is InChI=1S/C23H25NO3/c1-24-14-13-19-18(7-4-8-21(19)24)20-15-16(10-12-23(25)26)9-11-22(20)27-17-5-2-3-6-17/h4,7-9,11,13-15,17H,2-3,5-6,10,12H2,1H3,(H,25,26). The van der Waals surface area contributed by atoms with Crippen molar-refractivity contribution in [2.75, 3.05) is 0 Å². The third kappa shape index (κ3) is 3.70. The molecule has 1 aliphatic rings. The third-order valence-electron chi connectivity index (χ3n) is 5.49. The van der Waals surface area contributed by atoms with Crippen LogP contribution in [0.15, 0.2) is 48.7 Å². The molecule has 4 heteroatoms. The summed E-state index contributed by atoms with van der Waals surface area (Å²) in [5.41, 5.74) is 4.40. The molecule has 0 aliphatic heterocycles. The third-order valence-corrected chi connectivity index (χ3v) is 5.49. The Hall–Kier alpha value is -2.75. The number of ether oxygens (including phenoxy) is 1. The molecule has 0 amide bonds. The van der Waals surface area contributed by atoms with Crippen molar-refractivity contribution in [3.8, 4) is 16.9 Å². The molecule has 1 aliphatic carbocycles. The first kappa shape index (κ1) is 17.7. The van der Waals surface area contributed by atoms with Crippen molar-refractivity contribution in [3.05, 3.63) is 54.2 Å². The van der Waals surface area contributed by atoms with E-state index in [-0.39, 0.29) is 12.5 Å². The fourth-order valence-corrected chi connectivity index (χ4v) is 4.02. The zero-order chi connectivity index (χ0) is 18.8. The van der Waals surface area contributed by atoms with Crippen LogP contribution in [-0.4, -0.2) is 21.7 Å². The van der Waals surface area contributed by atoms with Crippen LogP contribution < -0.4 is 4.74 Å². The van der Waals surface area contributed by atoms with Gasteiger partial charge in [0.25, 0.3) is 0 Å². The summed E-state index contributed by atoms with van der Waals surface area (Å²) >= 11 is 0. The van der Waals surface area contributed by atoms with E-state index >= 15 is 0 Å². The van der Waals surface area contributed by atoms with E-state index in [0.717, 1.165) is 35.3 Å². The highest BCUT2D eigenvalue weighted by atomic mass is 16.5. The quantitative estimate of drug-likeness (QED) is 0.656. The van der Waals surface area contributed by atoms with Gasteiger partial charge in [-0.1, -0.05) is 18.2 Å². The van der Waals surface area contributed by atoms with Crippen LogP contribution >= 0.6 is 0 Å². The van der Waals surface area contributed by atoms with Crippen LogP contribution in [0.4, 0.5) is 0 Å². The van der Waals surface area contributed by atoms with E-state index in [1.54, 1.807) is 0 Å². The van der Waals surface area contributed by atoms with Gasteiger partial charge in [-0.2, -0.15) is 0 Å². The maximum atomic E-state index is 11.0. The van der Waals surface area contributed by atoms with Crippen molar-refractivity contribution >= 4 is 16.9 Å². The number of hydrogen-bond donors (Lipinski definition) is 1. The summed E-state index contributed by atoms with van der Waals surface area (Å²) in [5.74, 6) is 0.130. The molecule has 0 radical (unpaired) electrons. The number of aliphatic carboxylic acids is 1. The van der Waals surface area contributed by atoms with Gasteiger partial charge in [0.1, 0.15) is 5.75 Å². The van der Waals surface area contributed by atoms with Crippen LogP contribution in [0.3, 0.4) is 0 Å². The molecule has 1 fully saturated rings. The van der Waals surface area contributed by atoms with Gasteiger partial charge in [0.2, 0.25) is 0 Å². The summed E-state index contributed by atoms with van der Waals surface area (Å²) in [5, 5.41) is 10.2. The van der Waals surface area contributed by atoms with Gasteiger partial charge in [0.05, 0.1) is 6.10 Å². The van der Waals surface area contributed by atoms with Gasteiger partial charge in [-0.15, -0.1) is 0 Å². The molecule has 1 saturated carbocycles. The number of carbonyl (C=O) groups is 1. The molecule has 140 valence electrons. The highest BCUT2D eigenvalue weighted by molar-refractivity contribution is 5.97. The van der Waals surface area contributed by atoms with Crippen molar-refractivity contribution in [1.29, 1.82) is 0 Å². The smallest absolute Gasteiger partial charge is 0.303 e. The first-order valence-corrected chi connectivity index (χ1v) is 9.67. The van der Waals surface area contributed by atoms with Crippen LogP contribution in [0, 0.1) is 0 Å². The Labute approximate surface area is 159 Å². The van der Waals surface area contributed by atoms with E-state index < -0.39 is 5.97 Å². The number of benzene rings is 2. The monoisotopic (exact) mass is 363 g/mol. The molecule has 2 aromatic carbocycles. The molecule has 3 aromatic rings. The number of carboxylic acids is 1. The average Bonchev–Trinajstić information content (AvgIpc) is 3.31. The molecule has 0 unspecified atom stereocenters. The van der Waals surface area contributed by atoms with Gasteiger partial charge in [-0.3, -0.25) is 4.79 Å². The second-order valence-corrected chi connectivity index (χ2v) is 7.41. The Balaban J connectivity index is 1.78. The lowest BCUT2D eigenvalue weighted by molar-refractivity contribution is -0.136. The zero-order valence-corrected chi connectivity index (χ0v) is 15.6. The van der Waals surface area contributed by atoms with Gasteiger partial charge < -0.3 is 14.4 Å². The number of hydrogen-bond acceptors (Lipinski definition) is 2. The average molecular weight is 363 g/mol. The van der Waals surface area contributed by atoms with E-state index in [0.29, 0.717) is 6.42 Å². The first-order valence-electron chi connectivity index (χ1n) is 9.67. The predicted octanol–water partition coefficient (Wildman–Crippen LogP) is 5.18. The highest BCUT2D eigenvalue weighted by Gasteiger charge is 2.19. The SMILES string of the molecule is Cn1ccc2c(-c3cc(CCC(=O)O)ccc3OC3CCCC3)cccc21. The molecule has 4 rings (SSSR count). The molecular formula is C23H25NO3. The molecule has 0 atom stereocenters. The van der Waals surface area contributed by atoms with Gasteiger partial charge >= 0.3 is 5.97 Å². The lowest BCUT2D eigenvalue weighted by atomic mass is 9.97. The largest absolute Gasteiger partial charge is 0.490 e. The van der Waals surface area contributed by atoms with Crippen LogP contribution in [0.2, 0.25) is 0 Å². The van der Waals surface area contributed by atoms with E-state index in [9.17, 15) is 4.79 Å². The normalized spacial score (nSPS) is 14.7. The maximum Gasteiger partial charge on any atom is 0.303 e. The van der Waals surface area contributed by atoms with E-state index in [2.05, 4.69) is 41.1 Å². The molecular weight excluding hydrogens is 338 g/mol. The minimum absolute atomic E-state index is 0.137. The van der Waals surface area contributed by atoms with Crippen molar-refractivity contribution in [2.45, 2.75) is 44.6 Å². The molecule has 0 spiro atoms. The van der Waals surface area contributed by atoms with Crippen molar-refractivity contribution < 1.29 is 14.6 Å². The summed E-state index contributed by atoms with van der Waals surface area (Å²) in [6, 6.07) is 14.6. The Morgan fingerprint density at radius 3 is 2.74 bits per heavy atom. The molecule has 27 heavy (non-hydrogen) atoms. The van der Waals surface area contributed by atoms with Crippen molar-refractivity contribution in [2.24, 2.45) is 7.05 Å². The Morgan fingerprint density at radius 1 is 1.15 bits per heavy atom. The number of nitrogens with zero attached hydrogens (tertiary/aromatic N) is 1. The Morgan fingerprint density at radius 2 is 1.96 bits per heavy atom. The van der Waals surface area contributed by atoms with Gasteiger partial charge in [-0.05, 0) is 67.5 Å². The zero-order valence-electron chi connectivity index (χ0n) is 15.6. The topological polar surface area (TPSA) is 51.5 Å². The molecule has 1 N–H and O–H groups in total. The van der Waals surface area contributed by atoms with Crippen LogP contribution in [0.5, 0.6) is 5.75 Å². The van der Waals surface area contributed by atoms with E-state index in [4.69, 9.17) is 9.84 Å². The fourth-order valence-electron chi connectivity index (χ4n) is 4.02. The van der Waals surface area contributed by atoms with Crippen molar-refractivity contribution in [3.63, 3.8) is 0 Å². The second-order valence-electron chi connectivity index (χ2n) is 7.41. The van der Waals surface area contributed by atoms with Crippen LogP contribution in [0.25, 0.3) is 22.0 Å². The Bertz CT molecular complexity index is 967. The second kappa shape index (κ2) is 7.47. The van der Waals surface area contributed by atoms with Gasteiger partial charge in [0, 0.05) is 36.1 Å². The van der Waals surface area contributed by atoms with E-state index in [1.165, 1.54) is 23.7 Å². The van der Waals surface area contributed by atoms with Gasteiger partial charge in [-0.25, -0.2) is 0 Å². The van der Waals surface area contributed by atoms with Crippen LogP contribution in [0.1, 0.15) is 37.7 Å². The lowest BCUT2D eigenvalue weighted by Gasteiger charge is -2.18. The van der Waals surface area contributed by atoms with E-state index in [1.807, 2.05) is 19.2 Å². The minimum atomic E-state index is -0.770.